The minimum atomic E-state index is -1.35. The molecule has 1 saturated carbocycles. The van der Waals surface area contributed by atoms with E-state index in [0.29, 0.717) is 18.6 Å². The summed E-state index contributed by atoms with van der Waals surface area (Å²) in [6.07, 6.45) is -1.14. The van der Waals surface area contributed by atoms with Gasteiger partial charge in [-0.05, 0) is 25.0 Å². The summed E-state index contributed by atoms with van der Waals surface area (Å²) in [6.45, 7) is 3.55. The van der Waals surface area contributed by atoms with Crippen molar-refractivity contribution in [2.75, 3.05) is 13.2 Å². The smallest absolute Gasteiger partial charge is 0.187 e. The van der Waals surface area contributed by atoms with Crippen molar-refractivity contribution in [3.05, 3.63) is 11.6 Å². The summed E-state index contributed by atoms with van der Waals surface area (Å²) in [6, 6.07) is 0. The zero-order valence-corrected chi connectivity index (χ0v) is 12.1. The highest BCUT2D eigenvalue weighted by Crippen LogP contribution is 2.70. The maximum Gasteiger partial charge on any atom is 0.187 e. The first kappa shape index (κ1) is 13.8. The molecule has 3 N–H and O–H groups in total. The Labute approximate surface area is 122 Å². The third-order valence-electron chi connectivity index (χ3n) is 6.43. The Morgan fingerprint density at radius 3 is 2.67 bits per heavy atom. The molecule has 3 fully saturated rings. The van der Waals surface area contributed by atoms with Gasteiger partial charge < -0.3 is 24.8 Å². The van der Waals surface area contributed by atoms with Crippen LogP contribution in [0.4, 0.5) is 0 Å². The monoisotopic (exact) mass is 296 g/mol. The number of rotatable bonds is 1. The number of Topliss-reactive ketones (excluding diaryl/α,β-unsaturated/α-hetero) is 1. The number of carbonyl (C=O) groups excluding carboxylic acids is 1. The molecule has 0 radical (unpaired) electrons. The Morgan fingerprint density at radius 2 is 2.10 bits per heavy atom. The van der Waals surface area contributed by atoms with Crippen LogP contribution < -0.4 is 0 Å². The predicted octanol–water partition coefficient (Wildman–Crippen LogP) is -0.838. The number of epoxide rings is 1. The van der Waals surface area contributed by atoms with E-state index in [-0.39, 0.29) is 5.78 Å². The van der Waals surface area contributed by atoms with Gasteiger partial charge in [0, 0.05) is 5.41 Å². The van der Waals surface area contributed by atoms with Gasteiger partial charge >= 0.3 is 0 Å². The lowest BCUT2D eigenvalue weighted by Crippen LogP contribution is -2.70. The van der Waals surface area contributed by atoms with Crippen molar-refractivity contribution < 1.29 is 29.6 Å². The highest BCUT2D eigenvalue weighted by atomic mass is 16.6. The van der Waals surface area contributed by atoms with E-state index in [4.69, 9.17) is 9.47 Å². The van der Waals surface area contributed by atoms with Gasteiger partial charge in [-0.2, -0.15) is 0 Å². The third kappa shape index (κ3) is 1.22. The third-order valence-corrected chi connectivity index (χ3v) is 6.43. The molecule has 2 heterocycles. The Hall–Kier alpha value is -0.790. The summed E-state index contributed by atoms with van der Waals surface area (Å²) >= 11 is 0. The lowest BCUT2D eigenvalue weighted by Gasteiger charge is -2.58. The molecule has 6 nitrogen and oxygen atoms in total. The van der Waals surface area contributed by atoms with Gasteiger partial charge in [-0.3, -0.25) is 4.79 Å². The van der Waals surface area contributed by atoms with Gasteiger partial charge in [-0.25, -0.2) is 0 Å². The highest BCUT2D eigenvalue weighted by Gasteiger charge is 2.83. The quantitative estimate of drug-likeness (QED) is 0.546. The van der Waals surface area contributed by atoms with Gasteiger partial charge in [-0.15, -0.1) is 0 Å². The minimum Gasteiger partial charge on any atom is -0.396 e. The average Bonchev–Trinajstić information content (AvgIpc) is 3.20. The second kappa shape index (κ2) is 3.75. The van der Waals surface area contributed by atoms with Crippen LogP contribution in [0.1, 0.15) is 20.3 Å². The van der Waals surface area contributed by atoms with Crippen molar-refractivity contribution in [1.82, 2.24) is 0 Å². The van der Waals surface area contributed by atoms with Crippen LogP contribution in [0.15, 0.2) is 11.6 Å². The SMILES string of the molecule is CC1=C[C@@H]2O[C@H]3[C@H](O)C[C@@](C)([C@]2(CO)[C@@H](O)C1=O)[C@]31CO1. The van der Waals surface area contributed by atoms with Crippen LogP contribution in [-0.2, 0) is 14.3 Å². The molecule has 6 heteroatoms. The van der Waals surface area contributed by atoms with Gasteiger partial charge in [-0.1, -0.05) is 6.92 Å². The van der Waals surface area contributed by atoms with Crippen LogP contribution >= 0.6 is 0 Å². The molecule has 0 aromatic rings. The molecule has 4 rings (SSSR count). The van der Waals surface area contributed by atoms with Crippen LogP contribution in [-0.4, -0.2) is 64.3 Å². The second-order valence-electron chi connectivity index (χ2n) is 7.07. The topological polar surface area (TPSA) is 99.5 Å². The Balaban J connectivity index is 1.95. The molecule has 4 aliphatic rings. The molecule has 0 amide bonds. The number of fused-ring (bicyclic) bond motifs is 2. The summed E-state index contributed by atoms with van der Waals surface area (Å²) in [4.78, 5) is 12.3. The maximum atomic E-state index is 12.3. The minimum absolute atomic E-state index is 0.339. The second-order valence-corrected chi connectivity index (χ2v) is 7.07. The van der Waals surface area contributed by atoms with Crippen molar-refractivity contribution in [3.8, 4) is 0 Å². The highest BCUT2D eigenvalue weighted by molar-refractivity contribution is 6.00. The molecule has 2 aliphatic carbocycles. The van der Waals surface area contributed by atoms with E-state index in [9.17, 15) is 20.1 Å². The van der Waals surface area contributed by atoms with Gasteiger partial charge in [0.25, 0.3) is 0 Å². The van der Waals surface area contributed by atoms with Crippen molar-refractivity contribution >= 4 is 5.78 Å². The molecule has 1 spiro atoms. The molecular weight excluding hydrogens is 276 g/mol. The first-order valence-corrected chi connectivity index (χ1v) is 7.33. The molecular formula is C15H20O6. The van der Waals surface area contributed by atoms with E-state index in [1.807, 2.05) is 6.92 Å². The van der Waals surface area contributed by atoms with Gasteiger partial charge in [0.2, 0.25) is 0 Å². The first-order valence-electron chi connectivity index (χ1n) is 7.33. The first-order chi connectivity index (χ1) is 9.84. The number of hydrogen-bond donors (Lipinski definition) is 3. The largest absolute Gasteiger partial charge is 0.396 e. The van der Waals surface area contributed by atoms with Crippen LogP contribution in [0.5, 0.6) is 0 Å². The molecule has 0 aromatic carbocycles. The fraction of sp³-hybridized carbons (Fsp3) is 0.800. The summed E-state index contributed by atoms with van der Waals surface area (Å²) < 4.78 is 11.6. The Morgan fingerprint density at radius 1 is 1.43 bits per heavy atom. The number of ketones is 1. The normalized spacial score (nSPS) is 58.1. The van der Waals surface area contributed by atoms with Crippen molar-refractivity contribution in [2.45, 2.75) is 50.3 Å². The van der Waals surface area contributed by atoms with Crippen LogP contribution in [0.2, 0.25) is 0 Å². The van der Waals surface area contributed by atoms with E-state index >= 15 is 0 Å². The molecule has 116 valence electrons. The van der Waals surface area contributed by atoms with Crippen LogP contribution in [0.3, 0.4) is 0 Å². The zero-order valence-electron chi connectivity index (χ0n) is 12.1. The van der Waals surface area contributed by atoms with Crippen molar-refractivity contribution in [3.63, 3.8) is 0 Å². The molecule has 21 heavy (non-hydrogen) atoms. The number of aliphatic hydroxyl groups excluding tert-OH is 3. The summed E-state index contributed by atoms with van der Waals surface area (Å²) in [5.74, 6) is -0.388. The van der Waals surface area contributed by atoms with E-state index in [1.165, 1.54) is 0 Å². The van der Waals surface area contributed by atoms with Gasteiger partial charge in [0.05, 0.1) is 30.8 Å². The Kier molecular flexibility index (Phi) is 2.47. The molecule has 2 aliphatic heterocycles. The molecule has 2 saturated heterocycles. The zero-order chi connectivity index (χ0) is 15.2. The Bertz CT molecular complexity index is 552. The fourth-order valence-electron chi connectivity index (χ4n) is 5.02. The number of ether oxygens (including phenoxy) is 2. The van der Waals surface area contributed by atoms with E-state index in [1.54, 1.807) is 13.0 Å². The predicted molar refractivity (Wildman–Crippen MR) is 70.4 cm³/mol. The number of carbonyl (C=O) groups is 1. The lowest BCUT2D eigenvalue weighted by molar-refractivity contribution is -0.244. The number of hydrogen-bond acceptors (Lipinski definition) is 6. The summed E-state index contributed by atoms with van der Waals surface area (Å²) in [7, 11) is 0. The standard InChI is InChI=1S/C15H20O6/c1-7-3-9-14(5-16,11(19)10(7)18)13(2)4-8(17)12(21-9)15(13)6-20-15/h3,8-9,11-12,16-17,19H,4-6H2,1-2H3/t8-,9+,11+,12+,13+,14+,15+/m1/s1. The molecule has 2 bridgehead atoms. The summed E-state index contributed by atoms with van der Waals surface area (Å²) in [5.41, 5.74) is -2.16. The van der Waals surface area contributed by atoms with Gasteiger partial charge in [0.1, 0.15) is 17.8 Å². The summed E-state index contributed by atoms with van der Waals surface area (Å²) in [5, 5.41) is 31.1. The van der Waals surface area contributed by atoms with E-state index < -0.39 is 47.5 Å². The molecule has 0 unspecified atom stereocenters. The van der Waals surface area contributed by atoms with Crippen LogP contribution in [0, 0.1) is 10.8 Å². The molecule has 0 aromatic heterocycles. The van der Waals surface area contributed by atoms with Crippen molar-refractivity contribution in [2.24, 2.45) is 10.8 Å². The average molecular weight is 296 g/mol. The van der Waals surface area contributed by atoms with E-state index in [2.05, 4.69) is 0 Å². The fourth-order valence-corrected chi connectivity index (χ4v) is 5.02. The number of aliphatic hydroxyl groups is 3. The van der Waals surface area contributed by atoms with E-state index in [0.717, 1.165) is 0 Å². The maximum absolute atomic E-state index is 12.3. The van der Waals surface area contributed by atoms with Gasteiger partial charge in [0.15, 0.2) is 5.78 Å². The van der Waals surface area contributed by atoms with Crippen molar-refractivity contribution in [1.29, 1.82) is 0 Å². The lowest BCUT2D eigenvalue weighted by atomic mass is 9.50. The molecule has 7 atom stereocenters. The van der Waals surface area contributed by atoms with Crippen LogP contribution in [0.25, 0.3) is 0 Å².